The number of anilines is 1. The first-order valence-electron chi connectivity index (χ1n) is 9.73. The van der Waals surface area contributed by atoms with Gasteiger partial charge in [0.2, 0.25) is 5.91 Å². The molecule has 1 saturated carbocycles. The van der Waals surface area contributed by atoms with Gasteiger partial charge in [0.25, 0.3) is 5.56 Å². The van der Waals surface area contributed by atoms with Gasteiger partial charge in [-0.1, -0.05) is 0 Å². The average molecular weight is 392 g/mol. The molecule has 3 aromatic heterocycles. The van der Waals surface area contributed by atoms with Gasteiger partial charge in [0, 0.05) is 67.2 Å². The topological polar surface area (TPSA) is 86.1 Å². The van der Waals surface area contributed by atoms with Crippen LogP contribution < -0.4 is 10.9 Å². The van der Waals surface area contributed by atoms with Crippen molar-refractivity contribution < 1.29 is 9.53 Å². The van der Waals surface area contributed by atoms with Crippen LogP contribution in [0.3, 0.4) is 0 Å². The Morgan fingerprint density at radius 2 is 2.00 bits per heavy atom. The van der Waals surface area contributed by atoms with Gasteiger partial charge in [0.05, 0.1) is 12.1 Å². The Hall–Kier alpha value is -3.06. The highest BCUT2D eigenvalue weighted by Crippen LogP contribution is 2.30. The zero-order chi connectivity index (χ0) is 20.5. The molecule has 1 N–H and O–H groups in total. The van der Waals surface area contributed by atoms with Crippen LogP contribution in [0.2, 0.25) is 0 Å². The number of fused-ring (bicyclic) bond motifs is 1. The van der Waals surface area contributed by atoms with Crippen LogP contribution >= 0.6 is 0 Å². The summed E-state index contributed by atoms with van der Waals surface area (Å²) in [6.07, 6.45) is 6.03. The standard InChI is InChI=1S/C22H24N4O3/c1-13-8-16(6-7-29-3)23-12-18(13)17-9-15-11-24-20(25-21(27)14-4-5-14)10-19(15)26(2)22(17)28/h8-12,14H,4-7H2,1-3H3,(H,24,25,27). The third kappa shape index (κ3) is 3.91. The van der Waals surface area contributed by atoms with Crippen molar-refractivity contribution in [1.29, 1.82) is 0 Å². The maximum Gasteiger partial charge on any atom is 0.258 e. The number of methoxy groups -OCH3 is 1. The molecule has 0 unspecified atom stereocenters. The SMILES string of the molecule is COCCc1cc(C)c(-c2cc3cnc(NC(=O)C4CC4)cc3n(C)c2=O)cn1. The highest BCUT2D eigenvalue weighted by atomic mass is 16.5. The van der Waals surface area contributed by atoms with Crippen LogP contribution in [0.1, 0.15) is 24.1 Å². The summed E-state index contributed by atoms with van der Waals surface area (Å²) < 4.78 is 6.70. The van der Waals surface area contributed by atoms with Gasteiger partial charge in [0.15, 0.2) is 0 Å². The molecule has 7 nitrogen and oxygen atoms in total. The van der Waals surface area contributed by atoms with Crippen molar-refractivity contribution in [2.75, 3.05) is 19.0 Å². The number of nitrogens with zero attached hydrogens (tertiary/aromatic N) is 3. The number of hydrogen-bond acceptors (Lipinski definition) is 5. The second-order valence-electron chi connectivity index (χ2n) is 7.55. The molecule has 0 aliphatic heterocycles. The first-order chi connectivity index (χ1) is 14.0. The minimum atomic E-state index is -0.113. The number of rotatable bonds is 6. The van der Waals surface area contributed by atoms with Gasteiger partial charge >= 0.3 is 0 Å². The van der Waals surface area contributed by atoms with Crippen molar-refractivity contribution in [3.63, 3.8) is 0 Å². The maximum absolute atomic E-state index is 13.1. The zero-order valence-corrected chi connectivity index (χ0v) is 16.9. The molecule has 0 saturated heterocycles. The summed E-state index contributed by atoms with van der Waals surface area (Å²) in [6.45, 7) is 2.58. The van der Waals surface area contributed by atoms with E-state index in [0.29, 0.717) is 18.0 Å². The number of aromatic nitrogens is 3. The van der Waals surface area contributed by atoms with E-state index in [1.807, 2.05) is 19.1 Å². The Labute approximate surface area is 168 Å². The number of carbonyl (C=O) groups is 1. The van der Waals surface area contributed by atoms with Crippen molar-refractivity contribution in [2.24, 2.45) is 13.0 Å². The van der Waals surface area contributed by atoms with Crippen molar-refractivity contribution in [3.05, 3.63) is 52.2 Å². The normalized spacial score (nSPS) is 13.6. The molecular weight excluding hydrogens is 368 g/mol. The molecule has 3 aromatic rings. The number of pyridine rings is 3. The van der Waals surface area contributed by atoms with E-state index >= 15 is 0 Å². The van der Waals surface area contributed by atoms with Gasteiger partial charge < -0.3 is 14.6 Å². The summed E-state index contributed by atoms with van der Waals surface area (Å²) in [5.74, 6) is 0.562. The van der Waals surface area contributed by atoms with Crippen LogP contribution in [0.5, 0.6) is 0 Å². The van der Waals surface area contributed by atoms with Gasteiger partial charge in [0.1, 0.15) is 5.82 Å². The summed E-state index contributed by atoms with van der Waals surface area (Å²) >= 11 is 0. The molecule has 0 bridgehead atoms. The van der Waals surface area contributed by atoms with Gasteiger partial charge in [-0.25, -0.2) is 4.98 Å². The Kier molecular flexibility index (Phi) is 5.15. The van der Waals surface area contributed by atoms with Crippen LogP contribution in [0.25, 0.3) is 22.0 Å². The molecular formula is C22H24N4O3. The third-order valence-electron chi connectivity index (χ3n) is 5.33. The monoisotopic (exact) mass is 392 g/mol. The first-order valence-corrected chi connectivity index (χ1v) is 9.73. The lowest BCUT2D eigenvalue weighted by Gasteiger charge is -2.12. The summed E-state index contributed by atoms with van der Waals surface area (Å²) in [4.78, 5) is 33.9. The van der Waals surface area contributed by atoms with E-state index in [9.17, 15) is 9.59 Å². The van der Waals surface area contributed by atoms with Crippen LogP contribution in [0, 0.1) is 12.8 Å². The van der Waals surface area contributed by atoms with Crippen LogP contribution in [-0.4, -0.2) is 34.2 Å². The molecule has 1 fully saturated rings. The van der Waals surface area contributed by atoms with E-state index in [4.69, 9.17) is 4.74 Å². The number of nitrogens with one attached hydrogen (secondary N) is 1. The Morgan fingerprint density at radius 1 is 1.21 bits per heavy atom. The Morgan fingerprint density at radius 3 is 2.69 bits per heavy atom. The van der Waals surface area contributed by atoms with Gasteiger partial charge in [-0.15, -0.1) is 0 Å². The first kappa shape index (κ1) is 19.3. The molecule has 7 heteroatoms. The molecule has 0 radical (unpaired) electrons. The molecule has 0 aromatic carbocycles. The zero-order valence-electron chi connectivity index (χ0n) is 16.9. The number of ether oxygens (including phenoxy) is 1. The number of amides is 1. The molecule has 0 atom stereocenters. The predicted molar refractivity (Wildman–Crippen MR) is 112 cm³/mol. The molecule has 1 aliphatic carbocycles. The molecule has 150 valence electrons. The maximum atomic E-state index is 13.1. The van der Waals surface area contributed by atoms with Crippen molar-refractivity contribution in [2.45, 2.75) is 26.2 Å². The Bertz CT molecular complexity index is 1150. The number of hydrogen-bond donors (Lipinski definition) is 1. The van der Waals surface area contributed by atoms with Crippen LogP contribution in [0.4, 0.5) is 5.82 Å². The smallest absolute Gasteiger partial charge is 0.258 e. The third-order valence-corrected chi connectivity index (χ3v) is 5.33. The Balaban J connectivity index is 1.71. The predicted octanol–water partition coefficient (Wildman–Crippen LogP) is 2.84. The summed E-state index contributed by atoms with van der Waals surface area (Å²) in [6, 6.07) is 5.59. The van der Waals surface area contributed by atoms with Gasteiger partial charge in [-0.2, -0.15) is 0 Å². The average Bonchev–Trinajstić information content (AvgIpc) is 3.55. The fraction of sp³-hybridized carbons (Fsp3) is 0.364. The van der Waals surface area contributed by atoms with Gasteiger partial charge in [-0.3, -0.25) is 14.6 Å². The largest absolute Gasteiger partial charge is 0.384 e. The number of carbonyl (C=O) groups excluding carboxylic acids is 1. The molecule has 3 heterocycles. The van der Waals surface area contributed by atoms with Crippen molar-refractivity contribution in [3.8, 4) is 11.1 Å². The van der Waals surface area contributed by atoms with E-state index < -0.39 is 0 Å². The quantitative estimate of drug-likeness (QED) is 0.697. The fourth-order valence-corrected chi connectivity index (χ4v) is 3.44. The highest BCUT2D eigenvalue weighted by Gasteiger charge is 2.29. The van der Waals surface area contributed by atoms with Crippen molar-refractivity contribution >= 4 is 22.6 Å². The molecule has 1 amide bonds. The van der Waals surface area contributed by atoms with E-state index in [0.717, 1.165) is 47.0 Å². The second-order valence-corrected chi connectivity index (χ2v) is 7.55. The van der Waals surface area contributed by atoms with Crippen LogP contribution in [0.15, 0.2) is 35.4 Å². The summed E-state index contributed by atoms with van der Waals surface area (Å²) in [5, 5.41) is 3.66. The number of aryl methyl sites for hydroxylation is 2. The van der Waals surface area contributed by atoms with E-state index in [1.165, 1.54) is 0 Å². The lowest BCUT2D eigenvalue weighted by Crippen LogP contribution is -2.20. The van der Waals surface area contributed by atoms with Crippen LogP contribution in [-0.2, 0) is 23.0 Å². The van der Waals surface area contributed by atoms with Gasteiger partial charge in [-0.05, 0) is 37.5 Å². The second kappa shape index (κ2) is 7.75. The van der Waals surface area contributed by atoms with E-state index in [-0.39, 0.29) is 17.4 Å². The molecule has 4 rings (SSSR count). The van der Waals surface area contributed by atoms with E-state index in [2.05, 4.69) is 15.3 Å². The fourth-order valence-electron chi connectivity index (χ4n) is 3.44. The molecule has 29 heavy (non-hydrogen) atoms. The summed E-state index contributed by atoms with van der Waals surface area (Å²) in [7, 11) is 3.40. The van der Waals surface area contributed by atoms with E-state index in [1.54, 1.807) is 37.2 Å². The molecule has 1 aliphatic rings. The minimum absolute atomic E-state index is 0.00580. The van der Waals surface area contributed by atoms with Crippen molar-refractivity contribution in [1.82, 2.24) is 14.5 Å². The minimum Gasteiger partial charge on any atom is -0.384 e. The highest BCUT2D eigenvalue weighted by molar-refractivity contribution is 5.95. The lowest BCUT2D eigenvalue weighted by molar-refractivity contribution is -0.117. The molecule has 0 spiro atoms. The lowest BCUT2D eigenvalue weighted by atomic mass is 10.0. The summed E-state index contributed by atoms with van der Waals surface area (Å²) in [5.41, 5.74) is 3.92.